The zero-order valence-corrected chi connectivity index (χ0v) is 10.3. The Bertz CT molecular complexity index is 433. The van der Waals surface area contributed by atoms with Gasteiger partial charge in [0, 0.05) is 0 Å². The minimum atomic E-state index is -0.692. The van der Waals surface area contributed by atoms with Gasteiger partial charge < -0.3 is 5.11 Å². The fourth-order valence-electron chi connectivity index (χ4n) is 2.64. The Morgan fingerprint density at radius 3 is 2.53 bits per heavy atom. The van der Waals surface area contributed by atoms with Crippen molar-refractivity contribution in [1.82, 2.24) is 0 Å². The summed E-state index contributed by atoms with van der Waals surface area (Å²) < 4.78 is 0. The maximum absolute atomic E-state index is 12.0. The number of aliphatic hydroxyl groups excluding tert-OH is 1. The molecule has 0 fully saturated rings. The van der Waals surface area contributed by atoms with Crippen molar-refractivity contribution in [3.63, 3.8) is 0 Å². The quantitative estimate of drug-likeness (QED) is 0.848. The lowest BCUT2D eigenvalue weighted by molar-refractivity contribution is -0.124. The van der Waals surface area contributed by atoms with Gasteiger partial charge >= 0.3 is 0 Å². The molecule has 90 valence electrons. The molecule has 1 aliphatic carbocycles. The van der Waals surface area contributed by atoms with E-state index in [-0.39, 0.29) is 17.6 Å². The molecule has 0 saturated heterocycles. The van der Waals surface area contributed by atoms with Gasteiger partial charge in [-0.3, -0.25) is 4.79 Å². The van der Waals surface area contributed by atoms with Gasteiger partial charge in [-0.05, 0) is 30.9 Å². The van der Waals surface area contributed by atoms with E-state index in [4.69, 9.17) is 0 Å². The molecule has 3 atom stereocenters. The first kappa shape index (κ1) is 12.1. The van der Waals surface area contributed by atoms with Crippen LogP contribution in [0.4, 0.5) is 0 Å². The van der Waals surface area contributed by atoms with E-state index >= 15 is 0 Å². The molecule has 0 radical (unpaired) electrons. The monoisotopic (exact) mass is 230 g/mol. The summed E-state index contributed by atoms with van der Waals surface area (Å²) in [7, 11) is 0. The molecule has 1 aliphatic rings. The number of aliphatic hydroxyl groups is 1. The molecule has 0 amide bonds. The van der Waals surface area contributed by atoms with Crippen LogP contribution in [0.25, 0.3) is 0 Å². The fourth-order valence-corrected chi connectivity index (χ4v) is 2.64. The molecule has 1 aromatic carbocycles. The van der Waals surface area contributed by atoms with Gasteiger partial charge in [0.2, 0.25) is 0 Å². The topological polar surface area (TPSA) is 37.3 Å². The van der Waals surface area contributed by atoms with Crippen LogP contribution in [0, 0.1) is 11.8 Å². The fraction of sp³-hybridized carbons (Fsp3) is 0.400. The summed E-state index contributed by atoms with van der Waals surface area (Å²) in [4.78, 5) is 12.0. The van der Waals surface area contributed by atoms with Crippen LogP contribution >= 0.6 is 0 Å². The minimum absolute atomic E-state index is 0.0533. The number of hydrogen-bond donors (Lipinski definition) is 1. The normalized spacial score (nSPS) is 26.5. The van der Waals surface area contributed by atoms with Crippen molar-refractivity contribution in [3.8, 4) is 0 Å². The average Bonchev–Trinajstić information content (AvgIpc) is 2.28. The molecule has 1 unspecified atom stereocenters. The maximum atomic E-state index is 12.0. The first-order chi connectivity index (χ1) is 8.09. The zero-order valence-electron chi connectivity index (χ0n) is 10.3. The van der Waals surface area contributed by atoms with Gasteiger partial charge in [0.1, 0.15) is 0 Å². The van der Waals surface area contributed by atoms with Crippen LogP contribution in [0.5, 0.6) is 0 Å². The van der Waals surface area contributed by atoms with Crippen LogP contribution in [0.3, 0.4) is 0 Å². The highest BCUT2D eigenvalue weighted by Crippen LogP contribution is 2.35. The van der Waals surface area contributed by atoms with Gasteiger partial charge in [0.15, 0.2) is 5.78 Å². The zero-order chi connectivity index (χ0) is 12.4. The second kappa shape index (κ2) is 4.84. The number of hydrogen-bond acceptors (Lipinski definition) is 2. The number of carbonyl (C=O) groups is 1. The van der Waals surface area contributed by atoms with Crippen LogP contribution in [-0.2, 0) is 4.79 Å². The van der Waals surface area contributed by atoms with E-state index in [1.165, 1.54) is 0 Å². The maximum Gasteiger partial charge on any atom is 0.161 e. The van der Waals surface area contributed by atoms with Crippen molar-refractivity contribution in [2.45, 2.75) is 26.4 Å². The molecule has 17 heavy (non-hydrogen) atoms. The van der Waals surface area contributed by atoms with Crippen LogP contribution in [0.2, 0.25) is 0 Å². The second-order valence-electron chi connectivity index (χ2n) is 4.96. The van der Waals surface area contributed by atoms with E-state index in [1.807, 2.05) is 44.2 Å². The highest BCUT2D eigenvalue weighted by atomic mass is 16.3. The van der Waals surface area contributed by atoms with Gasteiger partial charge in [-0.2, -0.15) is 0 Å². The lowest BCUT2D eigenvalue weighted by Crippen LogP contribution is -2.30. The molecular formula is C15H18O2. The third-order valence-electron chi connectivity index (χ3n) is 3.46. The Morgan fingerprint density at radius 1 is 1.29 bits per heavy atom. The van der Waals surface area contributed by atoms with E-state index in [9.17, 15) is 9.90 Å². The molecule has 0 saturated carbocycles. The van der Waals surface area contributed by atoms with Crippen LogP contribution in [-0.4, -0.2) is 10.9 Å². The van der Waals surface area contributed by atoms with Gasteiger partial charge in [0.25, 0.3) is 0 Å². The SMILES string of the molecule is CC1=CC(=O)[C@@H]([C@H](O)c2ccccc2)C(C)C1. The van der Waals surface area contributed by atoms with E-state index < -0.39 is 6.10 Å². The molecule has 0 spiro atoms. The molecule has 0 aliphatic heterocycles. The Balaban J connectivity index is 2.26. The van der Waals surface area contributed by atoms with Gasteiger partial charge in [0.05, 0.1) is 12.0 Å². The summed E-state index contributed by atoms with van der Waals surface area (Å²) >= 11 is 0. The van der Waals surface area contributed by atoms with Crippen molar-refractivity contribution in [1.29, 1.82) is 0 Å². The van der Waals surface area contributed by atoms with Gasteiger partial charge in [-0.25, -0.2) is 0 Å². The van der Waals surface area contributed by atoms with E-state index in [0.717, 1.165) is 17.6 Å². The van der Waals surface area contributed by atoms with Gasteiger partial charge in [-0.1, -0.05) is 42.8 Å². The molecule has 2 rings (SSSR count). The van der Waals surface area contributed by atoms with Crippen molar-refractivity contribution in [2.24, 2.45) is 11.8 Å². The average molecular weight is 230 g/mol. The van der Waals surface area contributed by atoms with Crippen LogP contribution in [0.1, 0.15) is 31.9 Å². The Labute approximate surface area is 102 Å². The molecular weight excluding hydrogens is 212 g/mol. The van der Waals surface area contributed by atoms with Crippen LogP contribution in [0.15, 0.2) is 42.0 Å². The minimum Gasteiger partial charge on any atom is -0.388 e. The summed E-state index contributed by atoms with van der Waals surface area (Å²) in [5.41, 5.74) is 1.93. The number of rotatable bonds is 2. The van der Waals surface area contributed by atoms with Crippen LogP contribution < -0.4 is 0 Å². The number of benzene rings is 1. The summed E-state index contributed by atoms with van der Waals surface area (Å²) in [6.45, 7) is 4.00. The summed E-state index contributed by atoms with van der Waals surface area (Å²) in [5, 5.41) is 10.3. The van der Waals surface area contributed by atoms with E-state index in [0.29, 0.717) is 0 Å². The van der Waals surface area contributed by atoms with Crippen molar-refractivity contribution in [2.75, 3.05) is 0 Å². The number of carbonyl (C=O) groups excluding carboxylic acids is 1. The predicted octanol–water partition coefficient (Wildman–Crippen LogP) is 2.89. The standard InChI is InChI=1S/C15H18O2/c1-10-8-11(2)14(13(16)9-10)15(17)12-6-4-3-5-7-12/h3-7,9,11,14-15,17H,8H2,1-2H3/t11?,14-,15+/m0/s1. The molecule has 0 aromatic heterocycles. The first-order valence-corrected chi connectivity index (χ1v) is 6.03. The Morgan fingerprint density at radius 2 is 1.94 bits per heavy atom. The van der Waals surface area contributed by atoms with Gasteiger partial charge in [-0.15, -0.1) is 0 Å². The predicted molar refractivity (Wildman–Crippen MR) is 67.4 cm³/mol. The highest BCUT2D eigenvalue weighted by Gasteiger charge is 2.34. The Kier molecular flexibility index (Phi) is 3.43. The second-order valence-corrected chi connectivity index (χ2v) is 4.96. The van der Waals surface area contributed by atoms with E-state index in [2.05, 4.69) is 0 Å². The third-order valence-corrected chi connectivity index (χ3v) is 3.46. The molecule has 2 heteroatoms. The molecule has 1 aromatic rings. The highest BCUT2D eigenvalue weighted by molar-refractivity contribution is 5.94. The molecule has 2 nitrogen and oxygen atoms in total. The lowest BCUT2D eigenvalue weighted by atomic mass is 9.75. The molecule has 0 bridgehead atoms. The smallest absolute Gasteiger partial charge is 0.161 e. The lowest BCUT2D eigenvalue weighted by Gasteiger charge is -2.30. The van der Waals surface area contributed by atoms with Crippen molar-refractivity contribution >= 4 is 5.78 Å². The summed E-state index contributed by atoms with van der Waals surface area (Å²) in [5.74, 6) is -0.0543. The third kappa shape index (κ3) is 2.47. The number of allylic oxidation sites excluding steroid dienone is 2. The largest absolute Gasteiger partial charge is 0.388 e. The summed E-state index contributed by atoms with van der Waals surface area (Å²) in [6, 6.07) is 9.42. The number of ketones is 1. The summed E-state index contributed by atoms with van der Waals surface area (Å²) in [6.07, 6.45) is 1.87. The first-order valence-electron chi connectivity index (χ1n) is 6.03. The molecule has 0 heterocycles. The van der Waals surface area contributed by atoms with Crippen molar-refractivity contribution in [3.05, 3.63) is 47.5 Å². The van der Waals surface area contributed by atoms with E-state index in [1.54, 1.807) is 6.08 Å². The Hall–Kier alpha value is -1.41. The molecule has 1 N–H and O–H groups in total. The van der Waals surface area contributed by atoms with Crippen molar-refractivity contribution < 1.29 is 9.90 Å².